The van der Waals surface area contributed by atoms with E-state index >= 15 is 0 Å². The van der Waals surface area contributed by atoms with Crippen LogP contribution in [0.1, 0.15) is 10.4 Å². The number of aromatic nitrogens is 1. The molecule has 0 bridgehead atoms. The number of hydrogen-bond acceptors (Lipinski definition) is 5. The molecular formula is C35H24N4S. The second-order valence-electron chi connectivity index (χ2n) is 10.1. The minimum Gasteiger partial charge on any atom is -0.397 e. The van der Waals surface area contributed by atoms with Crippen LogP contribution in [0, 0.1) is 0 Å². The number of aliphatic imine (C=N–C) groups is 1. The van der Waals surface area contributed by atoms with Crippen molar-refractivity contribution in [2.45, 2.75) is 0 Å². The molecular weight excluding hydrogens is 508 g/mol. The number of thiophene rings is 1. The lowest BCUT2D eigenvalue weighted by atomic mass is 9.90. The van der Waals surface area contributed by atoms with E-state index in [-0.39, 0.29) is 0 Å². The van der Waals surface area contributed by atoms with Gasteiger partial charge in [-0.1, -0.05) is 72.8 Å². The molecule has 0 saturated carbocycles. The van der Waals surface area contributed by atoms with E-state index in [0.29, 0.717) is 6.67 Å². The van der Waals surface area contributed by atoms with Gasteiger partial charge in [0.1, 0.15) is 6.67 Å². The van der Waals surface area contributed by atoms with Gasteiger partial charge in [0.25, 0.3) is 0 Å². The molecule has 0 unspecified atom stereocenters. The van der Waals surface area contributed by atoms with Crippen molar-refractivity contribution >= 4 is 65.7 Å². The Morgan fingerprint density at radius 2 is 1.52 bits per heavy atom. The molecule has 0 aliphatic carbocycles. The van der Waals surface area contributed by atoms with Gasteiger partial charge in [-0.15, -0.1) is 11.3 Å². The molecule has 3 heterocycles. The Hall–Kier alpha value is -5.00. The van der Waals surface area contributed by atoms with Gasteiger partial charge >= 0.3 is 0 Å². The molecule has 2 N–H and O–H groups in total. The normalized spacial score (nSPS) is 12.8. The van der Waals surface area contributed by atoms with Crippen LogP contribution in [-0.4, -0.2) is 17.4 Å². The van der Waals surface area contributed by atoms with Crippen molar-refractivity contribution in [1.82, 2.24) is 4.98 Å². The van der Waals surface area contributed by atoms with Crippen LogP contribution in [0.2, 0.25) is 0 Å². The highest BCUT2D eigenvalue weighted by Gasteiger charge is 2.25. The van der Waals surface area contributed by atoms with E-state index in [2.05, 4.69) is 107 Å². The van der Waals surface area contributed by atoms with Gasteiger partial charge < -0.3 is 10.6 Å². The van der Waals surface area contributed by atoms with Crippen molar-refractivity contribution in [3.8, 4) is 11.1 Å². The maximum absolute atomic E-state index is 6.75. The summed E-state index contributed by atoms with van der Waals surface area (Å²) in [6.45, 7) is 0.441. The molecule has 0 spiro atoms. The summed E-state index contributed by atoms with van der Waals surface area (Å²) >= 11 is 1.68. The third-order valence-corrected chi connectivity index (χ3v) is 8.97. The quantitative estimate of drug-likeness (QED) is 0.231. The number of hydrogen-bond donors (Lipinski definition) is 1. The summed E-state index contributed by atoms with van der Waals surface area (Å²) in [7, 11) is 0. The second-order valence-corrected chi connectivity index (χ2v) is 11.1. The van der Waals surface area contributed by atoms with Crippen LogP contribution in [0.3, 0.4) is 0 Å². The van der Waals surface area contributed by atoms with Crippen molar-refractivity contribution in [1.29, 1.82) is 0 Å². The van der Waals surface area contributed by atoms with Crippen LogP contribution in [0.5, 0.6) is 0 Å². The Balaban J connectivity index is 1.35. The largest absolute Gasteiger partial charge is 0.397 e. The minimum atomic E-state index is 0.441. The monoisotopic (exact) mass is 532 g/mol. The molecule has 0 atom stereocenters. The fraction of sp³-hybridized carbons (Fsp3) is 0.0286. The van der Waals surface area contributed by atoms with E-state index in [1.165, 1.54) is 32.7 Å². The van der Waals surface area contributed by atoms with Gasteiger partial charge in [0, 0.05) is 39.0 Å². The van der Waals surface area contributed by atoms with Crippen LogP contribution < -0.4 is 10.6 Å². The Labute approximate surface area is 235 Å². The molecule has 2 aromatic heterocycles. The third kappa shape index (κ3) is 3.52. The maximum Gasteiger partial charge on any atom is 0.115 e. The summed E-state index contributed by atoms with van der Waals surface area (Å²) in [6, 6.07) is 38.6. The number of anilines is 3. The Morgan fingerprint density at radius 3 is 2.35 bits per heavy atom. The first-order valence-corrected chi connectivity index (χ1v) is 14.1. The fourth-order valence-electron chi connectivity index (χ4n) is 5.90. The van der Waals surface area contributed by atoms with Gasteiger partial charge in [-0.25, -0.2) is 0 Å². The lowest BCUT2D eigenvalue weighted by Gasteiger charge is -2.33. The van der Waals surface area contributed by atoms with Crippen LogP contribution in [0.25, 0.3) is 42.8 Å². The molecule has 40 heavy (non-hydrogen) atoms. The molecule has 5 aromatic carbocycles. The zero-order chi connectivity index (χ0) is 26.6. The SMILES string of the molecule is Nc1c(/C(=N\CN2c3cc4ccccc4cc3-c3cccc4cccc2c34)c2cccnc2)sc2ccccc12. The highest BCUT2D eigenvalue weighted by molar-refractivity contribution is 7.21. The predicted molar refractivity (Wildman–Crippen MR) is 170 cm³/mol. The van der Waals surface area contributed by atoms with Crippen molar-refractivity contribution in [3.05, 3.63) is 132 Å². The van der Waals surface area contributed by atoms with Gasteiger partial charge in [-0.3, -0.25) is 9.98 Å². The van der Waals surface area contributed by atoms with Crippen LogP contribution >= 0.6 is 11.3 Å². The van der Waals surface area contributed by atoms with Crippen molar-refractivity contribution in [3.63, 3.8) is 0 Å². The van der Waals surface area contributed by atoms with Crippen molar-refractivity contribution in [2.75, 3.05) is 17.3 Å². The average molecular weight is 533 g/mol. The first kappa shape index (κ1) is 22.9. The summed E-state index contributed by atoms with van der Waals surface area (Å²) in [5, 5.41) is 5.99. The van der Waals surface area contributed by atoms with Gasteiger partial charge in [-0.05, 0) is 58.1 Å². The number of rotatable bonds is 4. The zero-order valence-electron chi connectivity index (χ0n) is 21.6. The predicted octanol–water partition coefficient (Wildman–Crippen LogP) is 8.80. The highest BCUT2D eigenvalue weighted by atomic mass is 32.1. The number of nitrogen functional groups attached to an aromatic ring is 1. The van der Waals surface area contributed by atoms with E-state index in [4.69, 9.17) is 10.7 Å². The first-order valence-electron chi connectivity index (χ1n) is 13.3. The second kappa shape index (κ2) is 9.04. The molecule has 0 saturated heterocycles. The molecule has 5 heteroatoms. The lowest BCUT2D eigenvalue weighted by molar-refractivity contribution is 0.986. The fourth-order valence-corrected chi connectivity index (χ4v) is 7.05. The smallest absolute Gasteiger partial charge is 0.115 e. The van der Waals surface area contributed by atoms with Gasteiger partial charge in [0.2, 0.25) is 0 Å². The van der Waals surface area contributed by atoms with Gasteiger partial charge in [0.15, 0.2) is 0 Å². The first-order chi connectivity index (χ1) is 19.8. The van der Waals surface area contributed by atoms with Crippen LogP contribution in [0.15, 0.2) is 127 Å². The summed E-state index contributed by atoms with van der Waals surface area (Å²) in [6.07, 6.45) is 3.66. The van der Waals surface area contributed by atoms with E-state index in [9.17, 15) is 0 Å². The van der Waals surface area contributed by atoms with Gasteiger partial charge in [0.05, 0.1) is 27.7 Å². The summed E-state index contributed by atoms with van der Waals surface area (Å²) < 4.78 is 1.15. The topological polar surface area (TPSA) is 54.5 Å². The summed E-state index contributed by atoms with van der Waals surface area (Å²) in [5.41, 5.74) is 14.1. The summed E-state index contributed by atoms with van der Waals surface area (Å²) in [4.78, 5) is 13.0. The molecule has 7 aromatic rings. The average Bonchev–Trinajstić information content (AvgIpc) is 3.34. The van der Waals surface area contributed by atoms with E-state index in [1.807, 2.05) is 18.3 Å². The Kier molecular flexibility index (Phi) is 5.18. The minimum absolute atomic E-state index is 0.441. The molecule has 1 aliphatic heterocycles. The zero-order valence-corrected chi connectivity index (χ0v) is 22.4. The molecule has 4 nitrogen and oxygen atoms in total. The van der Waals surface area contributed by atoms with Crippen molar-refractivity contribution in [2.24, 2.45) is 4.99 Å². The molecule has 0 fully saturated rings. The molecule has 1 aliphatic rings. The van der Waals surface area contributed by atoms with Crippen molar-refractivity contribution < 1.29 is 0 Å². The molecule has 0 amide bonds. The highest BCUT2D eigenvalue weighted by Crippen LogP contribution is 2.48. The van der Waals surface area contributed by atoms with Crippen LogP contribution in [0.4, 0.5) is 17.1 Å². The maximum atomic E-state index is 6.75. The van der Waals surface area contributed by atoms with Gasteiger partial charge in [-0.2, -0.15) is 0 Å². The number of fused-ring (bicyclic) bond motifs is 4. The lowest BCUT2D eigenvalue weighted by Crippen LogP contribution is -2.22. The Bertz CT molecular complexity index is 2100. The number of benzene rings is 5. The van der Waals surface area contributed by atoms with E-state index < -0.39 is 0 Å². The van der Waals surface area contributed by atoms with E-state index in [0.717, 1.165) is 43.3 Å². The number of nitrogens with zero attached hydrogens (tertiary/aromatic N) is 3. The number of pyridine rings is 1. The third-order valence-electron chi connectivity index (χ3n) is 7.77. The standard InChI is InChI=1S/C35H24N4S/c36-33-27-13-3-4-16-31(27)40-35(33)34(25-12-7-17-37-20-25)38-21-39-29-15-6-11-22-10-5-14-26(32(22)29)28-18-23-8-1-2-9-24(23)19-30(28)39/h1-20H,21,36H2/b38-34-. The van der Waals surface area contributed by atoms with E-state index in [1.54, 1.807) is 17.5 Å². The molecule has 190 valence electrons. The number of nitrogens with two attached hydrogens (primary N) is 1. The molecule has 8 rings (SSSR count). The van der Waals surface area contributed by atoms with Crippen LogP contribution in [-0.2, 0) is 0 Å². The summed E-state index contributed by atoms with van der Waals surface area (Å²) in [5.74, 6) is 0. The molecule has 0 radical (unpaired) electrons. The Morgan fingerprint density at radius 1 is 0.750 bits per heavy atom.